The van der Waals surface area contributed by atoms with E-state index < -0.39 is 0 Å². The van der Waals surface area contributed by atoms with Crippen LogP contribution in [0.1, 0.15) is 13.8 Å². The van der Waals surface area contributed by atoms with E-state index >= 15 is 0 Å². The van der Waals surface area contributed by atoms with E-state index in [1.165, 1.54) is 0 Å². The molecular weight excluding hydrogens is 220 g/mol. The molecule has 84 valence electrons. The third-order valence-corrected chi connectivity index (χ3v) is 3.27. The van der Waals surface area contributed by atoms with Crippen LogP contribution in [0.2, 0.25) is 0 Å². The van der Waals surface area contributed by atoms with Gasteiger partial charge in [0.15, 0.2) is 0 Å². The van der Waals surface area contributed by atoms with Gasteiger partial charge < -0.3 is 10.6 Å². The van der Waals surface area contributed by atoms with Gasteiger partial charge in [-0.1, -0.05) is 13.8 Å². The zero-order valence-electron chi connectivity index (χ0n) is 8.73. The number of amides is 1. The lowest BCUT2D eigenvalue weighted by molar-refractivity contribution is -0.133. The highest BCUT2D eigenvalue weighted by atomic mass is 35.5. The second-order valence-electron chi connectivity index (χ2n) is 3.71. The van der Waals surface area contributed by atoms with Gasteiger partial charge in [0.1, 0.15) is 0 Å². The monoisotopic (exact) mass is 238 g/mol. The van der Waals surface area contributed by atoms with Gasteiger partial charge in [-0.15, -0.1) is 12.4 Å². The molecule has 1 aliphatic rings. The molecule has 0 spiro atoms. The lowest BCUT2D eigenvalue weighted by atomic mass is 10.0. The highest BCUT2D eigenvalue weighted by Gasteiger charge is 2.24. The summed E-state index contributed by atoms with van der Waals surface area (Å²) in [4.78, 5) is 13.6. The van der Waals surface area contributed by atoms with Crippen molar-refractivity contribution in [3.8, 4) is 0 Å². The van der Waals surface area contributed by atoms with E-state index in [-0.39, 0.29) is 30.3 Å². The predicted molar refractivity (Wildman–Crippen MR) is 64.0 cm³/mol. The topological polar surface area (TPSA) is 46.3 Å². The zero-order valence-corrected chi connectivity index (χ0v) is 10.4. The van der Waals surface area contributed by atoms with Gasteiger partial charge in [0.2, 0.25) is 5.91 Å². The third-order valence-electron chi connectivity index (χ3n) is 2.33. The Morgan fingerprint density at radius 2 is 1.86 bits per heavy atom. The van der Waals surface area contributed by atoms with Crippen LogP contribution in [0.3, 0.4) is 0 Å². The van der Waals surface area contributed by atoms with Gasteiger partial charge in [-0.3, -0.25) is 4.79 Å². The predicted octanol–water partition coefficient (Wildman–Crippen LogP) is 0.967. The molecule has 0 aliphatic carbocycles. The number of nitrogens with zero attached hydrogens (tertiary/aromatic N) is 1. The van der Waals surface area contributed by atoms with Crippen LogP contribution >= 0.6 is 24.2 Å². The molecule has 1 saturated heterocycles. The minimum absolute atomic E-state index is 0. The summed E-state index contributed by atoms with van der Waals surface area (Å²) in [6.45, 7) is 5.70. The average Bonchev–Trinajstić information content (AvgIpc) is 2.17. The number of halogens is 1. The van der Waals surface area contributed by atoms with Crippen molar-refractivity contribution in [3.63, 3.8) is 0 Å². The van der Waals surface area contributed by atoms with Crippen LogP contribution in [0.25, 0.3) is 0 Å². The Kier molecular flexibility index (Phi) is 6.57. The number of carbonyl (C=O) groups is 1. The Hall–Kier alpha value is 0.0700. The van der Waals surface area contributed by atoms with Crippen molar-refractivity contribution in [2.24, 2.45) is 11.7 Å². The molecular formula is C9H19ClN2OS. The van der Waals surface area contributed by atoms with Crippen LogP contribution < -0.4 is 5.73 Å². The Bertz CT molecular complexity index is 184. The molecule has 1 atom stereocenters. The summed E-state index contributed by atoms with van der Waals surface area (Å²) in [5.74, 6) is 2.46. The number of hydrogen-bond donors (Lipinski definition) is 1. The summed E-state index contributed by atoms with van der Waals surface area (Å²) < 4.78 is 0. The molecule has 0 aromatic carbocycles. The molecule has 1 fully saturated rings. The molecule has 3 nitrogen and oxygen atoms in total. The van der Waals surface area contributed by atoms with Gasteiger partial charge in [0.05, 0.1) is 6.04 Å². The standard InChI is InChI=1S/C9H18N2OS.ClH/c1-7(2)8(10)9(12)11-3-5-13-6-4-11;/h7-8H,3-6,10H2,1-2H3;1H/t8-;/m0./s1. The molecule has 5 heteroatoms. The number of hydrogen-bond acceptors (Lipinski definition) is 3. The minimum Gasteiger partial charge on any atom is -0.340 e. The smallest absolute Gasteiger partial charge is 0.239 e. The quantitative estimate of drug-likeness (QED) is 0.780. The van der Waals surface area contributed by atoms with Crippen LogP contribution in [0, 0.1) is 5.92 Å². The largest absolute Gasteiger partial charge is 0.340 e. The fourth-order valence-corrected chi connectivity index (χ4v) is 2.18. The zero-order chi connectivity index (χ0) is 9.84. The van der Waals surface area contributed by atoms with Crippen molar-refractivity contribution in [2.75, 3.05) is 24.6 Å². The van der Waals surface area contributed by atoms with E-state index in [0.29, 0.717) is 0 Å². The molecule has 1 amide bonds. The van der Waals surface area contributed by atoms with Crippen molar-refractivity contribution in [1.29, 1.82) is 0 Å². The summed E-state index contributed by atoms with van der Waals surface area (Å²) in [6.07, 6.45) is 0. The van der Waals surface area contributed by atoms with Crippen molar-refractivity contribution in [2.45, 2.75) is 19.9 Å². The van der Waals surface area contributed by atoms with Gasteiger partial charge in [0.25, 0.3) is 0 Å². The fourth-order valence-electron chi connectivity index (χ4n) is 1.28. The van der Waals surface area contributed by atoms with Crippen LogP contribution in [0.15, 0.2) is 0 Å². The number of rotatable bonds is 2. The Labute approximate surface area is 96.2 Å². The Balaban J connectivity index is 0.00000169. The van der Waals surface area contributed by atoms with E-state index in [9.17, 15) is 4.79 Å². The van der Waals surface area contributed by atoms with E-state index in [1.807, 2.05) is 30.5 Å². The van der Waals surface area contributed by atoms with Crippen LogP contribution in [0.4, 0.5) is 0 Å². The summed E-state index contributed by atoms with van der Waals surface area (Å²) in [5, 5.41) is 0. The highest BCUT2D eigenvalue weighted by Crippen LogP contribution is 2.11. The Morgan fingerprint density at radius 1 is 1.36 bits per heavy atom. The van der Waals surface area contributed by atoms with E-state index in [2.05, 4.69) is 0 Å². The number of nitrogens with two attached hydrogens (primary N) is 1. The second-order valence-corrected chi connectivity index (χ2v) is 4.93. The second kappa shape index (κ2) is 6.53. The first kappa shape index (κ1) is 14.1. The molecule has 0 radical (unpaired) electrons. The molecule has 2 N–H and O–H groups in total. The van der Waals surface area contributed by atoms with Gasteiger partial charge in [-0.2, -0.15) is 11.8 Å². The van der Waals surface area contributed by atoms with Crippen LogP contribution in [-0.2, 0) is 4.79 Å². The first-order valence-corrected chi connectivity index (χ1v) is 5.90. The number of thioether (sulfide) groups is 1. The van der Waals surface area contributed by atoms with E-state index in [1.54, 1.807) is 0 Å². The average molecular weight is 239 g/mol. The van der Waals surface area contributed by atoms with Gasteiger partial charge >= 0.3 is 0 Å². The van der Waals surface area contributed by atoms with Crippen molar-refractivity contribution in [1.82, 2.24) is 4.90 Å². The first-order valence-electron chi connectivity index (χ1n) is 4.75. The molecule has 1 rings (SSSR count). The maximum atomic E-state index is 11.7. The molecule has 1 aliphatic heterocycles. The molecule has 1 heterocycles. The summed E-state index contributed by atoms with van der Waals surface area (Å²) in [6, 6.07) is -0.317. The SMILES string of the molecule is CC(C)[C@H](N)C(=O)N1CCSCC1.Cl. The maximum absolute atomic E-state index is 11.7. The van der Waals surface area contributed by atoms with Crippen molar-refractivity contribution >= 4 is 30.1 Å². The third kappa shape index (κ3) is 3.67. The van der Waals surface area contributed by atoms with Gasteiger partial charge in [0, 0.05) is 24.6 Å². The van der Waals surface area contributed by atoms with Gasteiger partial charge in [-0.05, 0) is 5.92 Å². The van der Waals surface area contributed by atoms with Crippen molar-refractivity contribution < 1.29 is 4.79 Å². The lowest BCUT2D eigenvalue weighted by Gasteiger charge is -2.29. The Morgan fingerprint density at radius 3 is 2.29 bits per heavy atom. The molecule has 0 aromatic rings. The molecule has 0 bridgehead atoms. The molecule has 0 unspecified atom stereocenters. The van der Waals surface area contributed by atoms with E-state index in [0.717, 1.165) is 24.6 Å². The summed E-state index contributed by atoms with van der Waals surface area (Å²) >= 11 is 1.90. The molecule has 14 heavy (non-hydrogen) atoms. The fraction of sp³-hybridized carbons (Fsp3) is 0.889. The van der Waals surface area contributed by atoms with Gasteiger partial charge in [-0.25, -0.2) is 0 Å². The maximum Gasteiger partial charge on any atom is 0.239 e. The van der Waals surface area contributed by atoms with Crippen LogP contribution in [-0.4, -0.2) is 41.4 Å². The molecule has 0 aromatic heterocycles. The number of carbonyl (C=O) groups excluding carboxylic acids is 1. The van der Waals surface area contributed by atoms with Crippen LogP contribution in [0.5, 0.6) is 0 Å². The highest BCUT2D eigenvalue weighted by molar-refractivity contribution is 7.99. The van der Waals surface area contributed by atoms with E-state index in [4.69, 9.17) is 5.73 Å². The lowest BCUT2D eigenvalue weighted by Crippen LogP contribution is -2.49. The summed E-state index contributed by atoms with van der Waals surface area (Å²) in [5.41, 5.74) is 5.79. The normalized spacial score (nSPS) is 19.0. The minimum atomic E-state index is -0.317. The first-order chi connectivity index (χ1) is 6.13. The molecule has 0 saturated carbocycles. The summed E-state index contributed by atoms with van der Waals surface area (Å²) in [7, 11) is 0. The van der Waals surface area contributed by atoms with Crippen molar-refractivity contribution in [3.05, 3.63) is 0 Å².